The van der Waals surface area contributed by atoms with Gasteiger partial charge in [0.15, 0.2) is 0 Å². The Morgan fingerprint density at radius 2 is 1.83 bits per heavy atom. The van der Waals surface area contributed by atoms with Crippen molar-refractivity contribution in [2.24, 2.45) is 0 Å². The molecule has 0 atom stereocenters. The minimum Gasteiger partial charge on any atom is -0.302 e. The first-order chi connectivity index (χ1) is 11.3. The molecule has 0 aromatic heterocycles. The standard InChI is InChI=1S/C21H23NS/c1-3-14-22(2)15-8-12-19-18-10-5-4-9-17(18)16-23-21-13-7-6-11-20(19)21/h3-7,9-13H,1,8,14-16H2,2H3/b19-12+. The molecule has 0 saturated heterocycles. The van der Waals surface area contributed by atoms with Gasteiger partial charge in [-0.2, -0.15) is 0 Å². The van der Waals surface area contributed by atoms with Crippen LogP contribution >= 0.6 is 11.8 Å². The highest BCUT2D eigenvalue weighted by atomic mass is 32.2. The van der Waals surface area contributed by atoms with E-state index < -0.39 is 0 Å². The third-order valence-corrected chi connectivity index (χ3v) is 5.29. The van der Waals surface area contributed by atoms with E-state index in [1.165, 1.54) is 27.2 Å². The van der Waals surface area contributed by atoms with Crippen molar-refractivity contribution >= 4 is 17.3 Å². The maximum atomic E-state index is 3.81. The zero-order chi connectivity index (χ0) is 16.1. The molecule has 1 aliphatic rings. The third-order valence-electron chi connectivity index (χ3n) is 4.17. The van der Waals surface area contributed by atoms with Gasteiger partial charge in [-0.25, -0.2) is 0 Å². The number of benzene rings is 2. The zero-order valence-corrected chi connectivity index (χ0v) is 14.5. The summed E-state index contributed by atoms with van der Waals surface area (Å²) in [5.41, 5.74) is 5.57. The van der Waals surface area contributed by atoms with Crippen LogP contribution in [0.3, 0.4) is 0 Å². The summed E-state index contributed by atoms with van der Waals surface area (Å²) < 4.78 is 0. The minimum absolute atomic E-state index is 0.937. The van der Waals surface area contributed by atoms with E-state index in [4.69, 9.17) is 0 Å². The molecule has 0 saturated carbocycles. The van der Waals surface area contributed by atoms with Gasteiger partial charge in [-0.3, -0.25) is 0 Å². The van der Waals surface area contributed by atoms with Gasteiger partial charge in [0.2, 0.25) is 0 Å². The predicted octanol–water partition coefficient (Wildman–Crippen LogP) is 5.23. The average molecular weight is 321 g/mol. The van der Waals surface area contributed by atoms with E-state index in [1.807, 2.05) is 17.8 Å². The minimum atomic E-state index is 0.937. The number of nitrogens with zero attached hydrogens (tertiary/aromatic N) is 1. The van der Waals surface area contributed by atoms with E-state index in [0.29, 0.717) is 0 Å². The summed E-state index contributed by atoms with van der Waals surface area (Å²) in [6.45, 7) is 5.80. The highest BCUT2D eigenvalue weighted by Gasteiger charge is 2.17. The fraction of sp³-hybridized carbons (Fsp3) is 0.238. The monoisotopic (exact) mass is 321 g/mol. The number of hydrogen-bond donors (Lipinski definition) is 0. The van der Waals surface area contributed by atoms with Crippen molar-refractivity contribution in [1.82, 2.24) is 4.90 Å². The molecule has 1 heterocycles. The molecular weight excluding hydrogens is 298 g/mol. The summed E-state index contributed by atoms with van der Waals surface area (Å²) in [4.78, 5) is 3.68. The molecule has 2 aromatic carbocycles. The van der Waals surface area contributed by atoms with Crippen molar-refractivity contribution in [2.45, 2.75) is 17.1 Å². The fourth-order valence-corrected chi connectivity index (χ4v) is 4.06. The van der Waals surface area contributed by atoms with Crippen molar-refractivity contribution in [1.29, 1.82) is 0 Å². The van der Waals surface area contributed by atoms with Crippen molar-refractivity contribution in [2.75, 3.05) is 20.1 Å². The molecule has 0 N–H and O–H groups in total. The molecule has 1 aliphatic heterocycles. The van der Waals surface area contributed by atoms with Gasteiger partial charge in [-0.05, 0) is 41.8 Å². The summed E-state index contributed by atoms with van der Waals surface area (Å²) >= 11 is 1.94. The molecule has 0 amide bonds. The lowest BCUT2D eigenvalue weighted by Gasteiger charge is -2.14. The van der Waals surface area contributed by atoms with Gasteiger partial charge in [-0.15, -0.1) is 18.3 Å². The average Bonchev–Trinajstić information content (AvgIpc) is 2.73. The van der Waals surface area contributed by atoms with Crippen molar-refractivity contribution in [3.05, 3.63) is 84.0 Å². The molecule has 3 rings (SSSR count). The Morgan fingerprint density at radius 3 is 2.65 bits per heavy atom. The number of rotatable bonds is 5. The smallest absolute Gasteiger partial charge is 0.0238 e. The van der Waals surface area contributed by atoms with E-state index in [1.54, 1.807) is 0 Å². The third kappa shape index (κ3) is 3.77. The first kappa shape index (κ1) is 16.1. The maximum absolute atomic E-state index is 3.81. The molecule has 0 bridgehead atoms. The van der Waals surface area contributed by atoms with Crippen LogP contribution in [0, 0.1) is 0 Å². The highest BCUT2D eigenvalue weighted by Crippen LogP contribution is 2.39. The molecular formula is C21H23NS. The topological polar surface area (TPSA) is 3.24 Å². The first-order valence-corrected chi connectivity index (χ1v) is 9.08. The van der Waals surface area contributed by atoms with Crippen LogP contribution in [0.4, 0.5) is 0 Å². The van der Waals surface area contributed by atoms with Crippen LogP contribution in [0.2, 0.25) is 0 Å². The van der Waals surface area contributed by atoms with Gasteiger partial charge in [0, 0.05) is 23.7 Å². The number of likely N-dealkylation sites (N-methyl/N-ethyl adjacent to an activating group) is 1. The van der Waals surface area contributed by atoms with Crippen molar-refractivity contribution in [3.63, 3.8) is 0 Å². The second-order valence-corrected chi connectivity index (χ2v) is 6.92. The van der Waals surface area contributed by atoms with Gasteiger partial charge in [0.05, 0.1) is 0 Å². The Bertz CT molecular complexity index is 668. The van der Waals surface area contributed by atoms with Crippen LogP contribution < -0.4 is 0 Å². The lowest BCUT2D eigenvalue weighted by molar-refractivity contribution is 0.378. The first-order valence-electron chi connectivity index (χ1n) is 8.09. The Hall–Kier alpha value is -1.77. The van der Waals surface area contributed by atoms with E-state index >= 15 is 0 Å². The summed E-state index contributed by atoms with van der Waals surface area (Å²) in [5.74, 6) is 1.04. The maximum Gasteiger partial charge on any atom is 0.0238 e. The zero-order valence-electron chi connectivity index (χ0n) is 13.7. The van der Waals surface area contributed by atoms with E-state index in [2.05, 4.69) is 73.1 Å². The summed E-state index contributed by atoms with van der Waals surface area (Å²) in [6, 6.07) is 17.6. The Balaban J connectivity index is 1.95. The van der Waals surface area contributed by atoms with Crippen LogP contribution in [0.1, 0.15) is 23.1 Å². The van der Waals surface area contributed by atoms with E-state index in [-0.39, 0.29) is 0 Å². The SMILES string of the molecule is C=CCN(C)CC/C=C1\c2ccccc2CSc2ccccc21. The Morgan fingerprint density at radius 1 is 1.09 bits per heavy atom. The Labute approximate surface area is 143 Å². The Kier molecular flexibility index (Phi) is 5.37. The quantitative estimate of drug-likeness (QED) is 0.694. The van der Waals surface area contributed by atoms with Crippen LogP contribution in [0.25, 0.3) is 5.57 Å². The molecule has 0 aliphatic carbocycles. The normalized spacial score (nSPS) is 15.1. The predicted molar refractivity (Wildman–Crippen MR) is 102 cm³/mol. The van der Waals surface area contributed by atoms with Gasteiger partial charge >= 0.3 is 0 Å². The van der Waals surface area contributed by atoms with Crippen LogP contribution in [-0.4, -0.2) is 25.0 Å². The molecule has 2 aromatic rings. The lowest BCUT2D eigenvalue weighted by Crippen LogP contribution is -2.18. The molecule has 1 nitrogen and oxygen atoms in total. The number of thioether (sulfide) groups is 1. The molecule has 118 valence electrons. The van der Waals surface area contributed by atoms with Crippen molar-refractivity contribution < 1.29 is 0 Å². The molecule has 2 heteroatoms. The van der Waals surface area contributed by atoms with Crippen LogP contribution in [-0.2, 0) is 5.75 Å². The number of fused-ring (bicyclic) bond motifs is 2. The summed E-state index contributed by atoms with van der Waals surface area (Å²) in [7, 11) is 2.14. The molecule has 0 radical (unpaired) electrons. The molecule has 23 heavy (non-hydrogen) atoms. The van der Waals surface area contributed by atoms with Gasteiger partial charge in [0.1, 0.15) is 0 Å². The van der Waals surface area contributed by atoms with Crippen LogP contribution in [0.5, 0.6) is 0 Å². The second kappa shape index (κ2) is 7.67. The van der Waals surface area contributed by atoms with Gasteiger partial charge < -0.3 is 4.90 Å². The fourth-order valence-electron chi connectivity index (χ4n) is 2.99. The van der Waals surface area contributed by atoms with E-state index in [0.717, 1.165) is 25.3 Å². The van der Waals surface area contributed by atoms with Gasteiger partial charge in [-0.1, -0.05) is 54.6 Å². The summed E-state index contributed by atoms with van der Waals surface area (Å²) in [5, 5.41) is 0. The lowest BCUT2D eigenvalue weighted by atomic mass is 9.93. The molecule has 0 unspecified atom stereocenters. The largest absolute Gasteiger partial charge is 0.302 e. The molecule has 0 spiro atoms. The van der Waals surface area contributed by atoms with Crippen molar-refractivity contribution in [3.8, 4) is 0 Å². The second-order valence-electron chi connectivity index (χ2n) is 5.90. The molecule has 0 fully saturated rings. The highest BCUT2D eigenvalue weighted by molar-refractivity contribution is 7.98. The van der Waals surface area contributed by atoms with Crippen LogP contribution in [0.15, 0.2) is 72.2 Å². The summed E-state index contributed by atoms with van der Waals surface area (Å²) in [6.07, 6.45) is 5.41. The number of hydrogen-bond acceptors (Lipinski definition) is 2. The van der Waals surface area contributed by atoms with E-state index in [9.17, 15) is 0 Å². The van der Waals surface area contributed by atoms with Gasteiger partial charge in [0.25, 0.3) is 0 Å².